The maximum absolute atomic E-state index is 12.9. The number of hydrogen-bond acceptors (Lipinski definition) is 4. The van der Waals surface area contributed by atoms with Crippen LogP contribution in [0.5, 0.6) is 5.75 Å². The molecule has 27 heavy (non-hydrogen) atoms. The molecular formula is C20H26N4O3. The van der Waals surface area contributed by atoms with Crippen molar-refractivity contribution >= 4 is 17.5 Å². The monoisotopic (exact) mass is 370 g/mol. The van der Waals surface area contributed by atoms with Gasteiger partial charge in [0.05, 0.1) is 25.2 Å². The quantitative estimate of drug-likeness (QED) is 0.750. The lowest BCUT2D eigenvalue weighted by atomic mass is 10.0. The normalized spacial score (nSPS) is 17.3. The number of carbonyl (C=O) groups is 2. The van der Waals surface area contributed by atoms with E-state index in [0.29, 0.717) is 12.3 Å². The van der Waals surface area contributed by atoms with Crippen LogP contribution in [-0.4, -0.2) is 52.5 Å². The van der Waals surface area contributed by atoms with Crippen LogP contribution in [0.25, 0.3) is 0 Å². The van der Waals surface area contributed by atoms with Gasteiger partial charge in [0.1, 0.15) is 18.8 Å². The number of methoxy groups -OCH3 is 1. The van der Waals surface area contributed by atoms with E-state index >= 15 is 0 Å². The number of para-hydroxylation sites is 2. The van der Waals surface area contributed by atoms with Crippen LogP contribution in [0, 0.1) is 0 Å². The van der Waals surface area contributed by atoms with Gasteiger partial charge in [0, 0.05) is 18.9 Å². The van der Waals surface area contributed by atoms with Crippen molar-refractivity contribution < 1.29 is 14.3 Å². The molecule has 0 bridgehead atoms. The highest BCUT2D eigenvalue weighted by Gasteiger charge is 2.36. The third-order valence-electron chi connectivity index (χ3n) is 4.90. The summed E-state index contributed by atoms with van der Waals surface area (Å²) in [6.45, 7) is 2.89. The van der Waals surface area contributed by atoms with Gasteiger partial charge in [-0.1, -0.05) is 31.9 Å². The van der Waals surface area contributed by atoms with Crippen LogP contribution in [0.15, 0.2) is 43.0 Å². The number of aromatic nitrogens is 2. The lowest BCUT2D eigenvalue weighted by molar-refractivity contribution is -0.140. The summed E-state index contributed by atoms with van der Waals surface area (Å²) in [6, 6.07) is 7.50. The molecule has 0 saturated carbocycles. The number of amides is 2. The molecule has 3 rings (SSSR count). The molecule has 1 aromatic carbocycles. The highest BCUT2D eigenvalue weighted by atomic mass is 16.5. The van der Waals surface area contributed by atoms with Gasteiger partial charge in [0.25, 0.3) is 0 Å². The minimum Gasteiger partial charge on any atom is -0.495 e. The number of unbranched alkanes of at least 4 members (excludes halogenated alkanes) is 1. The maximum atomic E-state index is 12.9. The Labute approximate surface area is 159 Å². The van der Waals surface area contributed by atoms with E-state index in [-0.39, 0.29) is 30.9 Å². The van der Waals surface area contributed by atoms with Crippen molar-refractivity contribution in [2.75, 3.05) is 25.1 Å². The van der Waals surface area contributed by atoms with Crippen LogP contribution in [0.4, 0.5) is 5.69 Å². The van der Waals surface area contributed by atoms with E-state index in [1.807, 2.05) is 24.3 Å². The Hall–Kier alpha value is -2.83. The predicted molar refractivity (Wildman–Crippen MR) is 103 cm³/mol. The standard InChI is InChI=1S/C20H26N4O3/c1-3-4-7-16-12-24(17-8-5-6-9-18(17)27-2)20(26)14-23(16)19(25)13-22-11-10-21-15-22/h5-6,8-11,15-16H,3-4,7,12-14H2,1-2H3/t16-/m1/s1. The van der Waals surface area contributed by atoms with Crippen molar-refractivity contribution in [1.29, 1.82) is 0 Å². The smallest absolute Gasteiger partial charge is 0.246 e. The lowest BCUT2D eigenvalue weighted by Crippen LogP contribution is -2.58. The summed E-state index contributed by atoms with van der Waals surface area (Å²) in [5.41, 5.74) is 0.758. The van der Waals surface area contributed by atoms with E-state index < -0.39 is 0 Å². The molecule has 144 valence electrons. The number of rotatable bonds is 7. The Morgan fingerprint density at radius 2 is 2.15 bits per heavy atom. The number of benzene rings is 1. The van der Waals surface area contributed by atoms with Crippen molar-refractivity contribution in [3.63, 3.8) is 0 Å². The third kappa shape index (κ3) is 4.30. The van der Waals surface area contributed by atoms with Gasteiger partial charge in [-0.25, -0.2) is 4.98 Å². The first kappa shape index (κ1) is 18.9. The van der Waals surface area contributed by atoms with Gasteiger partial charge in [-0.3, -0.25) is 9.59 Å². The highest BCUT2D eigenvalue weighted by molar-refractivity contribution is 5.99. The number of carbonyl (C=O) groups excluding carboxylic acids is 2. The molecule has 7 heteroatoms. The summed E-state index contributed by atoms with van der Waals surface area (Å²) in [7, 11) is 1.60. The molecule has 1 fully saturated rings. The van der Waals surface area contributed by atoms with Crippen molar-refractivity contribution in [2.45, 2.75) is 38.8 Å². The van der Waals surface area contributed by atoms with Gasteiger partial charge >= 0.3 is 0 Å². The van der Waals surface area contributed by atoms with Crippen LogP contribution < -0.4 is 9.64 Å². The average molecular weight is 370 g/mol. The molecule has 1 aliphatic rings. The minimum atomic E-state index is -0.0915. The molecular weight excluding hydrogens is 344 g/mol. The van der Waals surface area contributed by atoms with Gasteiger partial charge in [0.2, 0.25) is 11.8 Å². The molecule has 0 spiro atoms. The lowest BCUT2D eigenvalue weighted by Gasteiger charge is -2.41. The first-order chi connectivity index (χ1) is 13.1. The highest BCUT2D eigenvalue weighted by Crippen LogP contribution is 2.31. The Morgan fingerprint density at radius 3 is 2.85 bits per heavy atom. The van der Waals surface area contributed by atoms with Crippen molar-refractivity contribution in [1.82, 2.24) is 14.5 Å². The molecule has 2 amide bonds. The molecule has 0 unspecified atom stereocenters. The summed E-state index contributed by atoms with van der Waals surface area (Å²) in [6.07, 6.45) is 7.94. The first-order valence-corrected chi connectivity index (χ1v) is 9.32. The molecule has 0 radical (unpaired) electrons. The summed E-state index contributed by atoms with van der Waals surface area (Å²) < 4.78 is 7.16. The Morgan fingerprint density at radius 1 is 1.33 bits per heavy atom. The molecule has 1 saturated heterocycles. The number of hydrogen-bond donors (Lipinski definition) is 0. The molecule has 2 heterocycles. The first-order valence-electron chi connectivity index (χ1n) is 9.32. The second-order valence-electron chi connectivity index (χ2n) is 6.73. The van der Waals surface area contributed by atoms with E-state index in [0.717, 1.165) is 24.9 Å². The fraction of sp³-hybridized carbons (Fsp3) is 0.450. The Kier molecular flexibility index (Phi) is 6.11. The predicted octanol–water partition coefficient (Wildman–Crippen LogP) is 2.33. The van der Waals surface area contributed by atoms with Crippen molar-refractivity contribution in [2.24, 2.45) is 0 Å². The van der Waals surface area contributed by atoms with Gasteiger partial charge in [-0.05, 0) is 18.6 Å². The van der Waals surface area contributed by atoms with Crippen LogP contribution in [0.2, 0.25) is 0 Å². The molecule has 0 N–H and O–H groups in total. The number of piperazine rings is 1. The second kappa shape index (κ2) is 8.70. The van der Waals surface area contributed by atoms with Crippen LogP contribution in [0.3, 0.4) is 0 Å². The average Bonchev–Trinajstić information content (AvgIpc) is 3.19. The zero-order valence-corrected chi connectivity index (χ0v) is 15.9. The van der Waals surface area contributed by atoms with E-state index in [1.54, 1.807) is 40.2 Å². The largest absolute Gasteiger partial charge is 0.495 e. The van der Waals surface area contributed by atoms with Gasteiger partial charge < -0.3 is 19.1 Å². The summed E-state index contributed by atoms with van der Waals surface area (Å²) in [5, 5.41) is 0. The molecule has 7 nitrogen and oxygen atoms in total. The fourth-order valence-corrected chi connectivity index (χ4v) is 3.46. The van der Waals surface area contributed by atoms with Crippen LogP contribution >= 0.6 is 0 Å². The Balaban J connectivity index is 1.81. The molecule has 2 aromatic rings. The van der Waals surface area contributed by atoms with E-state index in [1.165, 1.54) is 0 Å². The SMILES string of the molecule is CCCC[C@@H]1CN(c2ccccc2OC)C(=O)CN1C(=O)Cn1ccnc1. The van der Waals surface area contributed by atoms with Crippen LogP contribution in [0.1, 0.15) is 26.2 Å². The zero-order valence-electron chi connectivity index (χ0n) is 15.9. The van der Waals surface area contributed by atoms with Crippen molar-refractivity contribution in [3.05, 3.63) is 43.0 Å². The molecule has 1 aromatic heterocycles. The molecule has 1 atom stereocenters. The van der Waals surface area contributed by atoms with Gasteiger partial charge in [0.15, 0.2) is 0 Å². The maximum Gasteiger partial charge on any atom is 0.246 e. The van der Waals surface area contributed by atoms with Gasteiger partial charge in [-0.2, -0.15) is 0 Å². The van der Waals surface area contributed by atoms with Gasteiger partial charge in [-0.15, -0.1) is 0 Å². The third-order valence-corrected chi connectivity index (χ3v) is 4.90. The van der Waals surface area contributed by atoms with Crippen molar-refractivity contribution in [3.8, 4) is 5.75 Å². The van der Waals surface area contributed by atoms with E-state index in [4.69, 9.17) is 4.74 Å². The summed E-state index contributed by atoms with van der Waals surface area (Å²) in [5.74, 6) is 0.520. The zero-order chi connectivity index (χ0) is 19.2. The molecule has 1 aliphatic heterocycles. The summed E-state index contributed by atoms with van der Waals surface area (Å²) in [4.78, 5) is 33.1. The number of anilines is 1. The van der Waals surface area contributed by atoms with Crippen LogP contribution in [-0.2, 0) is 16.1 Å². The topological polar surface area (TPSA) is 67.7 Å². The Bertz CT molecular complexity index is 775. The molecule has 0 aliphatic carbocycles. The van der Waals surface area contributed by atoms with E-state index in [2.05, 4.69) is 11.9 Å². The number of imidazole rings is 1. The minimum absolute atomic E-state index is 0.0106. The fourth-order valence-electron chi connectivity index (χ4n) is 3.46. The number of ether oxygens (including phenoxy) is 1. The summed E-state index contributed by atoms with van der Waals surface area (Å²) >= 11 is 0. The second-order valence-corrected chi connectivity index (χ2v) is 6.73. The van der Waals surface area contributed by atoms with E-state index in [9.17, 15) is 9.59 Å². The number of nitrogens with zero attached hydrogens (tertiary/aromatic N) is 4.